The number of benzene rings is 2. The number of aromatic nitrogens is 1. The number of nitrogens with one attached hydrogen (secondary N) is 1. The van der Waals surface area contributed by atoms with Crippen molar-refractivity contribution in [3.8, 4) is 11.3 Å². The van der Waals surface area contributed by atoms with E-state index in [0.29, 0.717) is 20.9 Å². The highest BCUT2D eigenvalue weighted by molar-refractivity contribution is 7.15. The van der Waals surface area contributed by atoms with Crippen LogP contribution in [0.1, 0.15) is 21.0 Å². The SMILES string of the molecule is O=C(Nc1ncc(Cc2ccc(Cl)cc2)s1)c1ccc(-c2cccc(Cl)c2)o1. The van der Waals surface area contributed by atoms with Crippen molar-refractivity contribution in [3.05, 3.63) is 93.1 Å². The molecule has 0 saturated carbocycles. The van der Waals surface area contributed by atoms with Crippen molar-refractivity contribution in [1.29, 1.82) is 0 Å². The van der Waals surface area contributed by atoms with Gasteiger partial charge in [0.1, 0.15) is 5.76 Å². The van der Waals surface area contributed by atoms with E-state index in [1.165, 1.54) is 11.3 Å². The maximum absolute atomic E-state index is 12.5. The molecule has 4 aromatic rings. The third kappa shape index (κ3) is 4.44. The second kappa shape index (κ2) is 8.19. The Labute approximate surface area is 175 Å². The van der Waals surface area contributed by atoms with Gasteiger partial charge in [0, 0.05) is 33.1 Å². The van der Waals surface area contributed by atoms with Crippen molar-refractivity contribution in [2.24, 2.45) is 0 Å². The van der Waals surface area contributed by atoms with Gasteiger partial charge in [-0.15, -0.1) is 11.3 Å². The average Bonchev–Trinajstić information content (AvgIpc) is 3.33. The minimum absolute atomic E-state index is 0.212. The molecule has 2 aromatic carbocycles. The molecule has 0 saturated heterocycles. The molecule has 0 aliphatic rings. The van der Waals surface area contributed by atoms with Crippen LogP contribution in [0.2, 0.25) is 10.0 Å². The minimum atomic E-state index is -0.347. The molecule has 0 fully saturated rings. The first-order valence-corrected chi connectivity index (χ1v) is 10.0. The summed E-state index contributed by atoms with van der Waals surface area (Å²) < 4.78 is 5.67. The van der Waals surface area contributed by atoms with Gasteiger partial charge in [0.05, 0.1) is 0 Å². The van der Waals surface area contributed by atoms with Crippen LogP contribution in [0, 0.1) is 0 Å². The van der Waals surface area contributed by atoms with E-state index in [4.69, 9.17) is 27.6 Å². The molecule has 0 bridgehead atoms. The van der Waals surface area contributed by atoms with Gasteiger partial charge < -0.3 is 4.42 Å². The van der Waals surface area contributed by atoms with E-state index in [0.717, 1.165) is 22.4 Å². The van der Waals surface area contributed by atoms with Crippen LogP contribution in [0.5, 0.6) is 0 Å². The molecule has 0 atom stereocenters. The van der Waals surface area contributed by atoms with E-state index in [1.807, 2.05) is 36.4 Å². The second-order valence-corrected chi connectivity index (χ2v) is 8.05. The van der Waals surface area contributed by atoms with E-state index in [-0.39, 0.29) is 11.7 Å². The molecule has 1 N–H and O–H groups in total. The molecule has 4 nitrogen and oxygen atoms in total. The molecule has 0 aliphatic carbocycles. The number of hydrogen-bond donors (Lipinski definition) is 1. The van der Waals surface area contributed by atoms with Crippen LogP contribution in [-0.2, 0) is 6.42 Å². The highest BCUT2D eigenvalue weighted by Gasteiger charge is 2.14. The number of halogens is 2. The molecule has 140 valence electrons. The molecule has 0 spiro atoms. The van der Waals surface area contributed by atoms with Crippen LogP contribution in [-0.4, -0.2) is 10.9 Å². The van der Waals surface area contributed by atoms with Gasteiger partial charge in [-0.25, -0.2) is 4.98 Å². The van der Waals surface area contributed by atoms with Crippen molar-refractivity contribution >= 4 is 45.6 Å². The van der Waals surface area contributed by atoms with E-state index in [2.05, 4.69) is 10.3 Å². The van der Waals surface area contributed by atoms with Crippen molar-refractivity contribution in [1.82, 2.24) is 4.98 Å². The molecule has 7 heteroatoms. The highest BCUT2D eigenvalue weighted by atomic mass is 35.5. The van der Waals surface area contributed by atoms with Gasteiger partial charge in [0.15, 0.2) is 10.9 Å². The van der Waals surface area contributed by atoms with Gasteiger partial charge in [-0.05, 0) is 42.0 Å². The molecule has 28 heavy (non-hydrogen) atoms. The maximum atomic E-state index is 12.5. The quantitative estimate of drug-likeness (QED) is 0.391. The van der Waals surface area contributed by atoms with Crippen molar-refractivity contribution < 1.29 is 9.21 Å². The monoisotopic (exact) mass is 428 g/mol. The Bertz CT molecular complexity index is 1120. The summed E-state index contributed by atoms with van der Waals surface area (Å²) in [6.07, 6.45) is 2.48. The van der Waals surface area contributed by atoms with Gasteiger partial charge in [-0.2, -0.15) is 0 Å². The third-order valence-electron chi connectivity index (χ3n) is 4.00. The summed E-state index contributed by atoms with van der Waals surface area (Å²) in [5, 5.41) is 4.61. The summed E-state index contributed by atoms with van der Waals surface area (Å²) in [5.41, 5.74) is 1.94. The predicted molar refractivity (Wildman–Crippen MR) is 113 cm³/mol. The van der Waals surface area contributed by atoms with Crippen molar-refractivity contribution in [2.75, 3.05) is 5.32 Å². The number of hydrogen-bond acceptors (Lipinski definition) is 4. The fourth-order valence-electron chi connectivity index (χ4n) is 2.67. The zero-order valence-corrected chi connectivity index (χ0v) is 16.8. The normalized spacial score (nSPS) is 10.8. The van der Waals surface area contributed by atoms with Crippen LogP contribution in [0.4, 0.5) is 5.13 Å². The van der Waals surface area contributed by atoms with Gasteiger partial charge in [0.25, 0.3) is 5.91 Å². The average molecular weight is 429 g/mol. The van der Waals surface area contributed by atoms with E-state index in [1.54, 1.807) is 30.5 Å². The predicted octanol–water partition coefficient (Wildman–Crippen LogP) is 6.55. The van der Waals surface area contributed by atoms with Crippen LogP contribution in [0.25, 0.3) is 11.3 Å². The van der Waals surface area contributed by atoms with Gasteiger partial charge in [0.2, 0.25) is 0 Å². The van der Waals surface area contributed by atoms with Crippen molar-refractivity contribution in [2.45, 2.75) is 6.42 Å². The first kappa shape index (κ1) is 18.7. The molecule has 0 unspecified atom stereocenters. The number of anilines is 1. The Morgan fingerprint density at radius 1 is 1.04 bits per heavy atom. The topological polar surface area (TPSA) is 55.1 Å². The molecule has 1 amide bonds. The minimum Gasteiger partial charge on any atom is -0.451 e. The summed E-state index contributed by atoms with van der Waals surface area (Å²) in [7, 11) is 0. The van der Waals surface area contributed by atoms with Gasteiger partial charge >= 0.3 is 0 Å². The summed E-state index contributed by atoms with van der Waals surface area (Å²) in [5.74, 6) is 0.445. The Morgan fingerprint density at radius 3 is 2.64 bits per heavy atom. The third-order valence-corrected chi connectivity index (χ3v) is 5.40. The van der Waals surface area contributed by atoms with Crippen LogP contribution in [0.3, 0.4) is 0 Å². The largest absolute Gasteiger partial charge is 0.451 e. The van der Waals surface area contributed by atoms with E-state index >= 15 is 0 Å². The Balaban J connectivity index is 1.43. The number of thiazole rings is 1. The molecule has 0 radical (unpaired) electrons. The number of furan rings is 1. The summed E-state index contributed by atoms with van der Waals surface area (Å²) >= 11 is 13.3. The lowest BCUT2D eigenvalue weighted by Gasteiger charge is -2.00. The molecular formula is C21H14Cl2N2O2S. The van der Waals surface area contributed by atoms with Crippen LogP contribution >= 0.6 is 34.5 Å². The summed E-state index contributed by atoms with van der Waals surface area (Å²) in [6, 6.07) is 18.3. The van der Waals surface area contributed by atoms with Gasteiger partial charge in [-0.3, -0.25) is 10.1 Å². The summed E-state index contributed by atoms with van der Waals surface area (Å²) in [6.45, 7) is 0. The fraction of sp³-hybridized carbons (Fsp3) is 0.0476. The Morgan fingerprint density at radius 2 is 1.86 bits per heavy atom. The lowest BCUT2D eigenvalue weighted by atomic mass is 10.1. The molecule has 0 aliphatic heterocycles. The maximum Gasteiger partial charge on any atom is 0.293 e. The first-order chi connectivity index (χ1) is 13.6. The highest BCUT2D eigenvalue weighted by Crippen LogP contribution is 2.26. The Kier molecular flexibility index (Phi) is 5.48. The standard InChI is InChI=1S/C21H14Cl2N2O2S/c22-15-6-4-13(5-7-15)10-17-12-24-21(28-17)25-20(26)19-9-8-18(27-19)14-2-1-3-16(23)11-14/h1-9,11-12H,10H2,(H,24,25,26). The molecule has 4 rings (SSSR count). The number of carbonyl (C=O) groups excluding carboxylic acids is 1. The molecule has 2 heterocycles. The smallest absolute Gasteiger partial charge is 0.293 e. The number of carbonyl (C=O) groups is 1. The zero-order chi connectivity index (χ0) is 19.5. The van der Waals surface area contributed by atoms with E-state index < -0.39 is 0 Å². The summed E-state index contributed by atoms with van der Waals surface area (Å²) in [4.78, 5) is 17.8. The number of nitrogens with zero attached hydrogens (tertiary/aromatic N) is 1. The van der Waals surface area contributed by atoms with Gasteiger partial charge in [-0.1, -0.05) is 47.5 Å². The van der Waals surface area contributed by atoms with E-state index in [9.17, 15) is 4.79 Å². The number of rotatable bonds is 5. The lowest BCUT2D eigenvalue weighted by Crippen LogP contribution is -2.10. The number of amides is 1. The molecule has 2 aromatic heterocycles. The van der Waals surface area contributed by atoms with Crippen molar-refractivity contribution in [3.63, 3.8) is 0 Å². The van der Waals surface area contributed by atoms with Crippen LogP contribution < -0.4 is 5.32 Å². The molecular weight excluding hydrogens is 415 g/mol. The lowest BCUT2D eigenvalue weighted by molar-refractivity contribution is 0.0997. The fourth-order valence-corrected chi connectivity index (χ4v) is 3.82. The second-order valence-electron chi connectivity index (χ2n) is 6.06. The first-order valence-electron chi connectivity index (χ1n) is 8.43. The van der Waals surface area contributed by atoms with Crippen LogP contribution in [0.15, 0.2) is 71.3 Å². The zero-order valence-electron chi connectivity index (χ0n) is 14.5. The Hall–Kier alpha value is -2.60.